The van der Waals surface area contributed by atoms with Gasteiger partial charge >= 0.3 is 13.6 Å². The third-order valence-electron chi connectivity index (χ3n) is 3.73. The third-order valence-corrected chi connectivity index (χ3v) is 5.68. The molecule has 1 aromatic heterocycles. The minimum atomic E-state index is -3.42. The van der Waals surface area contributed by atoms with E-state index in [-0.39, 0.29) is 6.16 Å². The van der Waals surface area contributed by atoms with Crippen LogP contribution in [0.3, 0.4) is 0 Å². The van der Waals surface area contributed by atoms with Crippen LogP contribution in [0.1, 0.15) is 11.6 Å². The Hall–Kier alpha value is -1.86. The zero-order valence-corrected chi connectivity index (χ0v) is 14.6. The molecule has 1 heterocycles. The predicted octanol–water partition coefficient (Wildman–Crippen LogP) is 1.70. The molecule has 0 aliphatic carbocycles. The van der Waals surface area contributed by atoms with Crippen molar-refractivity contribution >= 4 is 24.6 Å². The van der Waals surface area contributed by atoms with Crippen molar-refractivity contribution in [1.29, 1.82) is 0 Å². The third kappa shape index (κ3) is 3.96. The fraction of sp³-hybridized carbons (Fsp3) is 0.400. The molecule has 0 aliphatic heterocycles. The second kappa shape index (κ2) is 7.81. The van der Waals surface area contributed by atoms with Gasteiger partial charge in [0.2, 0.25) is 0 Å². The van der Waals surface area contributed by atoms with E-state index < -0.39 is 25.5 Å². The molecule has 2 rings (SSSR count). The Kier molecular flexibility index (Phi) is 6.01. The molecule has 0 amide bonds. The standard InChI is InChI=1S/C15H20N3O5P/c1-21-15(19)14(16)10(9-24(20,22-2)23-3)13-8-17-11-6-4-5-7-12(11)18-13/h4-8,10,14H,9,16H2,1-3H3. The van der Waals surface area contributed by atoms with E-state index in [4.69, 9.17) is 19.5 Å². The monoisotopic (exact) mass is 353 g/mol. The normalized spacial score (nSPS) is 14.3. The quantitative estimate of drug-likeness (QED) is 0.591. The van der Waals surface area contributed by atoms with E-state index in [2.05, 4.69) is 9.97 Å². The van der Waals surface area contributed by atoms with Crippen LogP contribution in [0.25, 0.3) is 11.0 Å². The molecule has 130 valence electrons. The van der Waals surface area contributed by atoms with Crippen molar-refractivity contribution in [3.05, 3.63) is 36.2 Å². The number of esters is 1. The molecule has 1 aromatic carbocycles. The highest BCUT2D eigenvalue weighted by atomic mass is 31.2. The smallest absolute Gasteiger partial charge is 0.330 e. The van der Waals surface area contributed by atoms with Crippen LogP contribution < -0.4 is 5.73 Å². The molecule has 0 bridgehead atoms. The van der Waals surface area contributed by atoms with Crippen molar-refractivity contribution in [2.45, 2.75) is 12.0 Å². The molecule has 24 heavy (non-hydrogen) atoms. The Morgan fingerprint density at radius 2 is 1.83 bits per heavy atom. The van der Waals surface area contributed by atoms with E-state index in [0.29, 0.717) is 16.7 Å². The van der Waals surface area contributed by atoms with Gasteiger partial charge in [0, 0.05) is 26.3 Å². The van der Waals surface area contributed by atoms with Gasteiger partial charge in [-0.3, -0.25) is 14.3 Å². The first-order valence-corrected chi connectivity index (χ1v) is 8.92. The minimum Gasteiger partial charge on any atom is -0.468 e. The van der Waals surface area contributed by atoms with Crippen LogP contribution in [-0.4, -0.2) is 49.5 Å². The lowest BCUT2D eigenvalue weighted by Gasteiger charge is -2.24. The second-order valence-corrected chi connectivity index (χ2v) is 7.41. The molecule has 0 saturated heterocycles. The van der Waals surface area contributed by atoms with Gasteiger partial charge in [-0.05, 0) is 12.1 Å². The van der Waals surface area contributed by atoms with Crippen LogP contribution in [-0.2, 0) is 23.1 Å². The number of methoxy groups -OCH3 is 1. The van der Waals surface area contributed by atoms with Gasteiger partial charge < -0.3 is 19.5 Å². The summed E-state index contributed by atoms with van der Waals surface area (Å²) in [4.78, 5) is 20.7. The summed E-state index contributed by atoms with van der Waals surface area (Å²) in [5.74, 6) is -1.38. The summed E-state index contributed by atoms with van der Waals surface area (Å²) in [6.45, 7) is 0. The summed E-state index contributed by atoms with van der Waals surface area (Å²) in [5.41, 5.74) is 7.75. The number of rotatable bonds is 7. The molecule has 0 fully saturated rings. The lowest BCUT2D eigenvalue weighted by Crippen LogP contribution is -2.39. The lowest BCUT2D eigenvalue weighted by atomic mass is 9.99. The summed E-state index contributed by atoms with van der Waals surface area (Å²) in [5, 5.41) is 0. The van der Waals surface area contributed by atoms with Crippen molar-refractivity contribution in [2.24, 2.45) is 5.73 Å². The van der Waals surface area contributed by atoms with Crippen molar-refractivity contribution < 1.29 is 23.1 Å². The number of fused-ring (bicyclic) bond motifs is 1. The molecular weight excluding hydrogens is 333 g/mol. The second-order valence-electron chi connectivity index (χ2n) is 5.10. The summed E-state index contributed by atoms with van der Waals surface area (Å²) in [6, 6.07) is 6.20. The average Bonchev–Trinajstić information content (AvgIpc) is 2.64. The van der Waals surface area contributed by atoms with Gasteiger partial charge in [-0.2, -0.15) is 0 Å². The fourth-order valence-electron chi connectivity index (χ4n) is 2.31. The molecule has 0 radical (unpaired) electrons. The van der Waals surface area contributed by atoms with Crippen LogP contribution >= 0.6 is 7.60 Å². The summed E-state index contributed by atoms with van der Waals surface area (Å²) >= 11 is 0. The van der Waals surface area contributed by atoms with E-state index in [1.807, 2.05) is 18.2 Å². The Morgan fingerprint density at radius 1 is 1.21 bits per heavy atom. The number of para-hydroxylation sites is 2. The number of nitrogens with two attached hydrogens (primary N) is 1. The molecule has 8 nitrogen and oxygen atoms in total. The van der Waals surface area contributed by atoms with Gasteiger partial charge in [0.15, 0.2) is 0 Å². The number of aromatic nitrogens is 2. The van der Waals surface area contributed by atoms with Crippen molar-refractivity contribution in [2.75, 3.05) is 27.5 Å². The first-order chi connectivity index (χ1) is 11.4. The molecule has 9 heteroatoms. The Bertz CT molecular complexity index is 762. The molecule has 2 N–H and O–H groups in total. The number of benzene rings is 1. The number of hydrogen-bond acceptors (Lipinski definition) is 8. The van der Waals surface area contributed by atoms with E-state index in [9.17, 15) is 9.36 Å². The van der Waals surface area contributed by atoms with Gasteiger partial charge in [0.05, 0.1) is 30.0 Å². The van der Waals surface area contributed by atoms with Gasteiger partial charge in [0.25, 0.3) is 0 Å². The fourth-order valence-corrected chi connectivity index (χ4v) is 3.65. The summed E-state index contributed by atoms with van der Waals surface area (Å²) in [6.07, 6.45) is 1.38. The predicted molar refractivity (Wildman–Crippen MR) is 88.8 cm³/mol. The zero-order valence-electron chi connectivity index (χ0n) is 13.7. The van der Waals surface area contributed by atoms with Crippen LogP contribution in [0.5, 0.6) is 0 Å². The Balaban J connectivity index is 2.46. The number of carbonyl (C=O) groups is 1. The van der Waals surface area contributed by atoms with E-state index >= 15 is 0 Å². The number of nitrogens with zero attached hydrogens (tertiary/aromatic N) is 2. The first-order valence-electron chi connectivity index (χ1n) is 7.19. The van der Waals surface area contributed by atoms with Crippen molar-refractivity contribution in [1.82, 2.24) is 9.97 Å². The molecular formula is C15H20N3O5P. The van der Waals surface area contributed by atoms with Gasteiger partial charge in [0.1, 0.15) is 6.04 Å². The maximum atomic E-state index is 12.5. The van der Waals surface area contributed by atoms with Gasteiger partial charge in [-0.1, -0.05) is 12.1 Å². The van der Waals surface area contributed by atoms with Crippen molar-refractivity contribution in [3.63, 3.8) is 0 Å². The molecule has 2 unspecified atom stereocenters. The van der Waals surface area contributed by atoms with Crippen LogP contribution in [0.15, 0.2) is 30.5 Å². The molecule has 2 aromatic rings. The average molecular weight is 353 g/mol. The molecule has 0 aliphatic rings. The van der Waals surface area contributed by atoms with E-state index in [1.54, 1.807) is 6.07 Å². The van der Waals surface area contributed by atoms with Gasteiger partial charge in [-0.15, -0.1) is 0 Å². The Morgan fingerprint density at radius 3 is 2.42 bits per heavy atom. The number of ether oxygens (including phenoxy) is 1. The zero-order chi connectivity index (χ0) is 17.7. The number of carbonyl (C=O) groups excluding carboxylic acids is 1. The topological polar surface area (TPSA) is 114 Å². The van der Waals surface area contributed by atoms with Gasteiger partial charge in [-0.25, -0.2) is 4.98 Å². The van der Waals surface area contributed by atoms with Crippen LogP contribution in [0.4, 0.5) is 0 Å². The maximum absolute atomic E-state index is 12.5. The maximum Gasteiger partial charge on any atom is 0.330 e. The minimum absolute atomic E-state index is 0.122. The van der Waals surface area contributed by atoms with Crippen LogP contribution in [0.2, 0.25) is 0 Å². The lowest BCUT2D eigenvalue weighted by molar-refractivity contribution is -0.142. The Labute approximate surface area is 139 Å². The summed E-state index contributed by atoms with van der Waals surface area (Å²) < 4.78 is 27.1. The highest BCUT2D eigenvalue weighted by Gasteiger charge is 2.36. The van der Waals surface area contributed by atoms with Crippen molar-refractivity contribution in [3.8, 4) is 0 Å². The highest BCUT2D eigenvalue weighted by Crippen LogP contribution is 2.50. The molecule has 0 saturated carbocycles. The highest BCUT2D eigenvalue weighted by molar-refractivity contribution is 7.53. The first kappa shape index (κ1) is 18.5. The largest absolute Gasteiger partial charge is 0.468 e. The SMILES string of the molecule is COC(=O)C(N)C(CP(=O)(OC)OC)c1cnc2ccccc2n1. The molecule has 0 spiro atoms. The van der Waals surface area contributed by atoms with E-state index in [1.165, 1.54) is 27.5 Å². The van der Waals surface area contributed by atoms with E-state index in [0.717, 1.165) is 0 Å². The number of hydrogen-bond donors (Lipinski definition) is 1. The summed E-state index contributed by atoms with van der Waals surface area (Å²) in [7, 11) is 0.361. The molecule has 2 atom stereocenters. The van der Waals surface area contributed by atoms with Crippen LogP contribution in [0, 0.1) is 0 Å².